The lowest BCUT2D eigenvalue weighted by molar-refractivity contribution is 0.0929. The van der Waals surface area contributed by atoms with Gasteiger partial charge < -0.3 is 5.32 Å². The fraction of sp³-hybridized carbons (Fsp3) is 0.417. The quantitative estimate of drug-likeness (QED) is 0.907. The molecule has 4 heteroatoms. The van der Waals surface area contributed by atoms with Gasteiger partial charge in [0.05, 0.1) is 5.56 Å². The molecule has 0 aliphatic rings. The Morgan fingerprint density at radius 1 is 1.38 bits per heavy atom. The lowest BCUT2D eigenvalue weighted by atomic mass is 10.1. The second kappa shape index (κ2) is 5.43. The van der Waals surface area contributed by atoms with E-state index in [-0.39, 0.29) is 17.8 Å². The number of halogens is 2. The zero-order chi connectivity index (χ0) is 12.3. The number of rotatable bonds is 3. The molecule has 0 aliphatic heterocycles. The van der Waals surface area contributed by atoms with E-state index in [1.807, 2.05) is 20.8 Å². The molecule has 1 aromatic carbocycles. The fourth-order valence-electron chi connectivity index (χ4n) is 1.12. The summed E-state index contributed by atoms with van der Waals surface area (Å²) < 4.78 is 13.3. The molecule has 0 radical (unpaired) electrons. The summed E-state index contributed by atoms with van der Waals surface area (Å²) in [6.45, 7) is 6.01. The Labute approximate surface area is 103 Å². The first-order valence-electron chi connectivity index (χ1n) is 5.17. The largest absolute Gasteiger partial charge is 0.349 e. The summed E-state index contributed by atoms with van der Waals surface area (Å²) in [5.41, 5.74) is 0.453. The Kier molecular flexibility index (Phi) is 4.47. The van der Waals surface area contributed by atoms with Crippen molar-refractivity contribution in [2.24, 2.45) is 5.92 Å². The van der Waals surface area contributed by atoms with Crippen molar-refractivity contribution >= 4 is 21.8 Å². The van der Waals surface area contributed by atoms with Crippen molar-refractivity contribution in [1.29, 1.82) is 0 Å². The van der Waals surface area contributed by atoms with E-state index in [0.717, 1.165) is 0 Å². The molecule has 0 aromatic heterocycles. The molecule has 0 spiro atoms. The highest BCUT2D eigenvalue weighted by molar-refractivity contribution is 9.10. The number of benzene rings is 1. The molecule has 0 bridgehead atoms. The Balaban J connectivity index is 2.81. The third-order valence-electron chi connectivity index (χ3n) is 2.53. The van der Waals surface area contributed by atoms with Gasteiger partial charge in [0.25, 0.3) is 5.91 Å². The number of carbonyl (C=O) groups excluding carboxylic acids is 1. The second-order valence-corrected chi connectivity index (χ2v) is 4.98. The van der Waals surface area contributed by atoms with Crippen LogP contribution < -0.4 is 5.32 Å². The standard InChI is InChI=1S/C12H15BrFNO/c1-7(2)8(3)15-12(16)10-5-4-9(14)6-11(10)13/h4-8H,1-3H3,(H,15,16). The topological polar surface area (TPSA) is 29.1 Å². The average Bonchev–Trinajstić information content (AvgIpc) is 2.16. The predicted molar refractivity (Wildman–Crippen MR) is 65.9 cm³/mol. The molecule has 0 heterocycles. The zero-order valence-electron chi connectivity index (χ0n) is 9.55. The second-order valence-electron chi connectivity index (χ2n) is 4.13. The monoisotopic (exact) mass is 287 g/mol. The Bertz CT molecular complexity index is 393. The van der Waals surface area contributed by atoms with Crippen molar-refractivity contribution in [2.75, 3.05) is 0 Å². The molecule has 0 saturated heterocycles. The fourth-order valence-corrected chi connectivity index (χ4v) is 1.66. The van der Waals surface area contributed by atoms with Crippen LogP contribution >= 0.6 is 15.9 Å². The van der Waals surface area contributed by atoms with E-state index < -0.39 is 0 Å². The molecular weight excluding hydrogens is 273 g/mol. The van der Waals surface area contributed by atoms with Gasteiger partial charge in [0.1, 0.15) is 5.82 Å². The van der Waals surface area contributed by atoms with E-state index in [1.165, 1.54) is 18.2 Å². The van der Waals surface area contributed by atoms with Crippen LogP contribution in [0.5, 0.6) is 0 Å². The Morgan fingerprint density at radius 2 is 2.00 bits per heavy atom. The third-order valence-corrected chi connectivity index (χ3v) is 3.19. The smallest absolute Gasteiger partial charge is 0.252 e. The van der Waals surface area contributed by atoms with E-state index in [4.69, 9.17) is 0 Å². The van der Waals surface area contributed by atoms with Gasteiger partial charge in [-0.3, -0.25) is 4.79 Å². The van der Waals surface area contributed by atoms with Gasteiger partial charge in [0.15, 0.2) is 0 Å². The normalized spacial score (nSPS) is 12.6. The van der Waals surface area contributed by atoms with Crippen LogP contribution in [0.2, 0.25) is 0 Å². The van der Waals surface area contributed by atoms with Crippen LogP contribution in [-0.4, -0.2) is 11.9 Å². The maximum atomic E-state index is 12.8. The third kappa shape index (κ3) is 3.30. The van der Waals surface area contributed by atoms with Gasteiger partial charge in [-0.25, -0.2) is 4.39 Å². The minimum absolute atomic E-state index is 0.0875. The van der Waals surface area contributed by atoms with Crippen molar-refractivity contribution in [3.05, 3.63) is 34.1 Å². The molecule has 1 unspecified atom stereocenters. The molecule has 1 N–H and O–H groups in total. The molecule has 0 saturated carbocycles. The van der Waals surface area contributed by atoms with Crippen LogP contribution in [0, 0.1) is 11.7 Å². The van der Waals surface area contributed by atoms with Gasteiger partial charge in [-0.1, -0.05) is 13.8 Å². The molecule has 0 fully saturated rings. The summed E-state index contributed by atoms with van der Waals surface area (Å²) in [4.78, 5) is 11.8. The van der Waals surface area contributed by atoms with Crippen LogP contribution in [0.15, 0.2) is 22.7 Å². The number of nitrogens with one attached hydrogen (secondary N) is 1. The maximum absolute atomic E-state index is 12.8. The minimum Gasteiger partial charge on any atom is -0.349 e. The summed E-state index contributed by atoms with van der Waals surface area (Å²) in [5.74, 6) is -0.184. The number of amides is 1. The van der Waals surface area contributed by atoms with Crippen molar-refractivity contribution < 1.29 is 9.18 Å². The molecule has 1 rings (SSSR count). The predicted octanol–water partition coefficient (Wildman–Crippen LogP) is 3.36. The lowest BCUT2D eigenvalue weighted by Crippen LogP contribution is -2.36. The highest BCUT2D eigenvalue weighted by Crippen LogP contribution is 2.18. The van der Waals surface area contributed by atoms with Gasteiger partial charge in [-0.15, -0.1) is 0 Å². The summed E-state index contributed by atoms with van der Waals surface area (Å²) in [6.07, 6.45) is 0. The molecule has 1 atom stereocenters. The first kappa shape index (κ1) is 13.2. The molecule has 2 nitrogen and oxygen atoms in total. The number of hydrogen-bond donors (Lipinski definition) is 1. The summed E-state index contributed by atoms with van der Waals surface area (Å²) in [7, 11) is 0. The van der Waals surface area contributed by atoms with E-state index in [0.29, 0.717) is 16.0 Å². The van der Waals surface area contributed by atoms with Crippen molar-refractivity contribution in [2.45, 2.75) is 26.8 Å². The number of hydrogen-bond acceptors (Lipinski definition) is 1. The first-order chi connectivity index (χ1) is 7.41. The minimum atomic E-state index is -0.361. The van der Waals surface area contributed by atoms with Crippen LogP contribution in [0.3, 0.4) is 0 Å². The molecule has 1 amide bonds. The van der Waals surface area contributed by atoms with Crippen molar-refractivity contribution in [1.82, 2.24) is 5.32 Å². The molecular formula is C12H15BrFNO. The maximum Gasteiger partial charge on any atom is 0.252 e. The van der Waals surface area contributed by atoms with E-state index in [9.17, 15) is 9.18 Å². The van der Waals surface area contributed by atoms with E-state index in [1.54, 1.807) is 0 Å². The van der Waals surface area contributed by atoms with Crippen molar-refractivity contribution in [3.63, 3.8) is 0 Å². The number of carbonyl (C=O) groups is 1. The summed E-state index contributed by atoms with van der Waals surface area (Å²) >= 11 is 3.17. The highest BCUT2D eigenvalue weighted by atomic mass is 79.9. The van der Waals surface area contributed by atoms with Crippen molar-refractivity contribution in [3.8, 4) is 0 Å². The van der Waals surface area contributed by atoms with Crippen LogP contribution in [0.25, 0.3) is 0 Å². The molecule has 0 aliphatic carbocycles. The van der Waals surface area contributed by atoms with E-state index >= 15 is 0 Å². The molecule has 1 aromatic rings. The summed E-state index contributed by atoms with van der Waals surface area (Å²) in [6, 6.07) is 4.13. The molecule has 16 heavy (non-hydrogen) atoms. The summed E-state index contributed by atoms with van der Waals surface area (Å²) in [5, 5.41) is 2.86. The Hall–Kier alpha value is -0.900. The highest BCUT2D eigenvalue weighted by Gasteiger charge is 2.14. The first-order valence-corrected chi connectivity index (χ1v) is 5.97. The van der Waals surface area contributed by atoms with Crippen LogP contribution in [-0.2, 0) is 0 Å². The van der Waals surface area contributed by atoms with Gasteiger partial charge in [0.2, 0.25) is 0 Å². The average molecular weight is 288 g/mol. The van der Waals surface area contributed by atoms with Gasteiger partial charge in [-0.2, -0.15) is 0 Å². The lowest BCUT2D eigenvalue weighted by Gasteiger charge is -2.17. The van der Waals surface area contributed by atoms with Gasteiger partial charge in [-0.05, 0) is 47.0 Å². The molecule has 88 valence electrons. The SMILES string of the molecule is CC(C)C(C)NC(=O)c1ccc(F)cc1Br. The van der Waals surface area contributed by atoms with Crippen LogP contribution in [0.4, 0.5) is 4.39 Å². The van der Waals surface area contributed by atoms with Crippen LogP contribution in [0.1, 0.15) is 31.1 Å². The van der Waals surface area contributed by atoms with Gasteiger partial charge >= 0.3 is 0 Å². The van der Waals surface area contributed by atoms with E-state index in [2.05, 4.69) is 21.2 Å². The Morgan fingerprint density at radius 3 is 2.50 bits per heavy atom. The zero-order valence-corrected chi connectivity index (χ0v) is 11.1. The van der Waals surface area contributed by atoms with Gasteiger partial charge in [0, 0.05) is 10.5 Å².